The van der Waals surface area contributed by atoms with E-state index in [0.717, 1.165) is 37.2 Å². The molecule has 5 nitrogen and oxygen atoms in total. The number of ether oxygens (including phenoxy) is 1. The molecule has 0 saturated carbocycles. The van der Waals surface area contributed by atoms with Crippen molar-refractivity contribution in [1.29, 1.82) is 0 Å². The fourth-order valence-corrected chi connectivity index (χ4v) is 4.23. The Labute approximate surface area is 127 Å². The zero-order valence-electron chi connectivity index (χ0n) is 12.7. The van der Waals surface area contributed by atoms with Crippen LogP contribution in [0.3, 0.4) is 0 Å². The van der Waals surface area contributed by atoms with Crippen LogP contribution in [0.25, 0.3) is 0 Å². The third kappa shape index (κ3) is 3.63. The van der Waals surface area contributed by atoms with E-state index in [2.05, 4.69) is 0 Å². The van der Waals surface area contributed by atoms with Crippen LogP contribution in [0, 0.1) is 12.8 Å². The van der Waals surface area contributed by atoms with Crippen molar-refractivity contribution in [3.05, 3.63) is 29.3 Å². The molecule has 1 fully saturated rings. The van der Waals surface area contributed by atoms with E-state index in [4.69, 9.17) is 10.5 Å². The van der Waals surface area contributed by atoms with Gasteiger partial charge in [-0.2, -0.15) is 0 Å². The van der Waals surface area contributed by atoms with Crippen molar-refractivity contribution in [2.75, 3.05) is 26.8 Å². The van der Waals surface area contributed by atoms with E-state index in [-0.39, 0.29) is 0 Å². The molecule has 2 rings (SSSR count). The van der Waals surface area contributed by atoms with E-state index in [9.17, 15) is 8.42 Å². The third-order valence-electron chi connectivity index (χ3n) is 4.16. The van der Waals surface area contributed by atoms with E-state index >= 15 is 0 Å². The zero-order valence-corrected chi connectivity index (χ0v) is 13.5. The molecule has 6 heteroatoms. The van der Waals surface area contributed by atoms with Crippen LogP contribution in [0.15, 0.2) is 23.1 Å². The Balaban J connectivity index is 2.20. The van der Waals surface area contributed by atoms with Crippen LogP contribution in [0.4, 0.5) is 0 Å². The Morgan fingerprint density at radius 1 is 1.33 bits per heavy atom. The number of benzene rings is 1. The molecule has 0 bridgehead atoms. The lowest BCUT2D eigenvalue weighted by molar-refractivity contribution is 0.0620. The Bertz CT molecular complexity index is 581. The zero-order chi connectivity index (χ0) is 15.5. The van der Waals surface area contributed by atoms with Crippen molar-refractivity contribution < 1.29 is 13.2 Å². The van der Waals surface area contributed by atoms with Gasteiger partial charge in [-0.1, -0.05) is 12.1 Å². The fourth-order valence-electron chi connectivity index (χ4n) is 2.72. The van der Waals surface area contributed by atoms with Gasteiger partial charge in [0, 0.05) is 33.4 Å². The predicted molar refractivity (Wildman–Crippen MR) is 82.4 cm³/mol. The quantitative estimate of drug-likeness (QED) is 0.894. The Morgan fingerprint density at radius 3 is 2.62 bits per heavy atom. The van der Waals surface area contributed by atoms with E-state index in [1.54, 1.807) is 19.2 Å². The number of hydrogen-bond acceptors (Lipinski definition) is 4. The highest BCUT2D eigenvalue weighted by atomic mass is 32.2. The van der Waals surface area contributed by atoms with Crippen molar-refractivity contribution in [2.24, 2.45) is 11.7 Å². The lowest BCUT2D eigenvalue weighted by atomic mass is 10.0. The molecule has 1 saturated heterocycles. The fraction of sp³-hybridized carbons (Fsp3) is 0.600. The van der Waals surface area contributed by atoms with Crippen molar-refractivity contribution >= 4 is 10.0 Å². The summed E-state index contributed by atoms with van der Waals surface area (Å²) < 4.78 is 32.3. The normalized spacial score (nSPS) is 17.3. The van der Waals surface area contributed by atoms with Gasteiger partial charge in [-0.05, 0) is 42.9 Å². The first kappa shape index (κ1) is 16.4. The molecule has 1 aliphatic heterocycles. The second kappa shape index (κ2) is 6.87. The predicted octanol–water partition coefficient (Wildman–Crippen LogP) is 1.50. The number of sulfonamides is 1. The van der Waals surface area contributed by atoms with Gasteiger partial charge in [-0.15, -0.1) is 0 Å². The smallest absolute Gasteiger partial charge is 0.243 e. The molecular weight excluding hydrogens is 288 g/mol. The second-order valence-electron chi connectivity index (χ2n) is 5.59. The van der Waals surface area contributed by atoms with Crippen LogP contribution in [-0.4, -0.2) is 39.5 Å². The molecule has 1 heterocycles. The molecule has 1 aliphatic rings. The average Bonchev–Trinajstić information content (AvgIpc) is 2.48. The minimum Gasteiger partial charge on any atom is -0.381 e. The van der Waals surface area contributed by atoms with E-state index in [1.807, 2.05) is 13.0 Å². The highest BCUT2D eigenvalue weighted by Gasteiger charge is 2.26. The van der Waals surface area contributed by atoms with Crippen LogP contribution in [0.5, 0.6) is 0 Å². The molecule has 118 valence electrons. The Morgan fingerprint density at radius 2 is 2.00 bits per heavy atom. The average molecular weight is 312 g/mol. The molecule has 0 radical (unpaired) electrons. The molecular formula is C15H24N2O3S. The molecule has 0 unspecified atom stereocenters. The summed E-state index contributed by atoms with van der Waals surface area (Å²) in [5, 5.41) is 0. The van der Waals surface area contributed by atoms with E-state index in [0.29, 0.717) is 23.9 Å². The van der Waals surface area contributed by atoms with Crippen LogP contribution in [0.2, 0.25) is 0 Å². The minimum absolute atomic E-state index is 0.346. The van der Waals surface area contributed by atoms with Gasteiger partial charge in [0.05, 0.1) is 4.90 Å². The highest BCUT2D eigenvalue weighted by Crippen LogP contribution is 2.24. The second-order valence-corrected chi connectivity index (χ2v) is 7.60. The topological polar surface area (TPSA) is 72.6 Å². The molecule has 0 atom stereocenters. The van der Waals surface area contributed by atoms with Gasteiger partial charge >= 0.3 is 0 Å². The molecule has 21 heavy (non-hydrogen) atoms. The van der Waals surface area contributed by atoms with Crippen molar-refractivity contribution in [2.45, 2.75) is 31.2 Å². The lowest BCUT2D eigenvalue weighted by Crippen LogP contribution is -2.34. The minimum atomic E-state index is -3.46. The van der Waals surface area contributed by atoms with Gasteiger partial charge in [-0.25, -0.2) is 12.7 Å². The first-order valence-corrected chi connectivity index (χ1v) is 8.73. The van der Waals surface area contributed by atoms with Gasteiger partial charge in [0.25, 0.3) is 0 Å². The molecule has 1 aromatic rings. The van der Waals surface area contributed by atoms with Crippen LogP contribution >= 0.6 is 0 Å². The molecule has 2 N–H and O–H groups in total. The Kier molecular flexibility index (Phi) is 5.37. The summed E-state index contributed by atoms with van der Waals surface area (Å²) in [6.45, 7) is 4.15. The van der Waals surface area contributed by atoms with Crippen LogP contribution in [-0.2, 0) is 21.3 Å². The molecule has 0 aliphatic carbocycles. The summed E-state index contributed by atoms with van der Waals surface area (Å²) in [5.41, 5.74) is 7.29. The summed E-state index contributed by atoms with van der Waals surface area (Å²) in [6.07, 6.45) is 1.84. The van der Waals surface area contributed by atoms with E-state index in [1.165, 1.54) is 4.31 Å². The third-order valence-corrected chi connectivity index (χ3v) is 6.13. The largest absolute Gasteiger partial charge is 0.381 e. The van der Waals surface area contributed by atoms with Gasteiger partial charge in [0.2, 0.25) is 10.0 Å². The summed E-state index contributed by atoms with van der Waals surface area (Å²) >= 11 is 0. The first-order valence-electron chi connectivity index (χ1n) is 7.29. The van der Waals surface area contributed by atoms with Gasteiger partial charge in [0.15, 0.2) is 0 Å². The Hall–Kier alpha value is -0.950. The van der Waals surface area contributed by atoms with Gasteiger partial charge in [-0.3, -0.25) is 0 Å². The van der Waals surface area contributed by atoms with Crippen molar-refractivity contribution in [3.63, 3.8) is 0 Å². The molecule has 0 spiro atoms. The summed E-state index contributed by atoms with van der Waals surface area (Å²) in [5.74, 6) is 0.372. The maximum absolute atomic E-state index is 12.7. The van der Waals surface area contributed by atoms with Crippen LogP contribution < -0.4 is 5.73 Å². The molecule has 1 aromatic carbocycles. The monoisotopic (exact) mass is 312 g/mol. The maximum Gasteiger partial charge on any atom is 0.243 e. The van der Waals surface area contributed by atoms with Crippen LogP contribution in [0.1, 0.15) is 24.0 Å². The maximum atomic E-state index is 12.7. The number of nitrogens with zero attached hydrogens (tertiary/aromatic N) is 1. The van der Waals surface area contributed by atoms with E-state index < -0.39 is 10.0 Å². The summed E-state index contributed by atoms with van der Waals surface area (Å²) in [4.78, 5) is 0.361. The summed E-state index contributed by atoms with van der Waals surface area (Å²) in [6, 6.07) is 5.28. The van der Waals surface area contributed by atoms with Gasteiger partial charge in [0.1, 0.15) is 0 Å². The first-order chi connectivity index (χ1) is 9.96. The molecule has 0 amide bonds. The standard InChI is InChI=1S/C15H24N2O3S/c1-12-14(10-16)4-3-5-15(12)21(18,19)17(2)11-13-6-8-20-9-7-13/h3-5,13H,6-11,16H2,1-2H3. The number of rotatable bonds is 5. The SMILES string of the molecule is Cc1c(CN)cccc1S(=O)(=O)N(C)CC1CCOCC1. The number of hydrogen-bond donors (Lipinski definition) is 1. The van der Waals surface area contributed by atoms with Crippen molar-refractivity contribution in [3.8, 4) is 0 Å². The molecule has 0 aromatic heterocycles. The highest BCUT2D eigenvalue weighted by molar-refractivity contribution is 7.89. The lowest BCUT2D eigenvalue weighted by Gasteiger charge is -2.27. The summed E-state index contributed by atoms with van der Waals surface area (Å²) in [7, 11) is -1.81. The van der Waals surface area contributed by atoms with Crippen molar-refractivity contribution in [1.82, 2.24) is 4.31 Å². The number of nitrogens with two attached hydrogens (primary N) is 1. The van der Waals surface area contributed by atoms with Gasteiger partial charge < -0.3 is 10.5 Å².